The summed E-state index contributed by atoms with van der Waals surface area (Å²) in [6.45, 7) is 5.98. The first-order chi connectivity index (χ1) is 4.88. The summed E-state index contributed by atoms with van der Waals surface area (Å²) in [5.41, 5.74) is 1.60. The molecule has 0 heteroatoms. The summed E-state index contributed by atoms with van der Waals surface area (Å²) in [5.74, 6) is 0.693. The topological polar surface area (TPSA) is 0 Å². The molecule has 1 fully saturated rings. The van der Waals surface area contributed by atoms with Crippen LogP contribution in [0.4, 0.5) is 0 Å². The summed E-state index contributed by atoms with van der Waals surface area (Å²) in [6, 6.07) is 0. The van der Waals surface area contributed by atoms with E-state index in [1.165, 1.54) is 25.7 Å². The van der Waals surface area contributed by atoms with Crippen molar-refractivity contribution in [2.75, 3.05) is 0 Å². The predicted molar refractivity (Wildman–Crippen MR) is 45.9 cm³/mol. The van der Waals surface area contributed by atoms with Crippen molar-refractivity contribution < 1.29 is 0 Å². The Hall–Kier alpha value is -0.520. The molecule has 1 rings (SSSR count). The second kappa shape index (κ2) is 3.60. The zero-order valence-electron chi connectivity index (χ0n) is 6.77. The molecule has 56 valence electrons. The van der Waals surface area contributed by atoms with Crippen LogP contribution >= 0.6 is 0 Å². The minimum absolute atomic E-state index is 0.693. The zero-order chi connectivity index (χ0) is 7.40. The average Bonchev–Trinajstić information content (AvgIpc) is 2.04. The second-order valence-electron chi connectivity index (χ2n) is 2.95. The van der Waals surface area contributed by atoms with Gasteiger partial charge >= 0.3 is 0 Å². The van der Waals surface area contributed by atoms with Crippen molar-refractivity contribution in [1.29, 1.82) is 0 Å². The molecule has 1 aliphatic carbocycles. The van der Waals surface area contributed by atoms with Gasteiger partial charge in [-0.2, -0.15) is 0 Å². The smallest absolute Gasteiger partial charge is 0.00261 e. The molecular formula is C10H16. The summed E-state index contributed by atoms with van der Waals surface area (Å²) in [7, 11) is 0. The van der Waals surface area contributed by atoms with Crippen LogP contribution < -0.4 is 0 Å². The van der Waals surface area contributed by atoms with Gasteiger partial charge in [-0.1, -0.05) is 24.1 Å². The van der Waals surface area contributed by atoms with Crippen LogP contribution in [-0.2, 0) is 0 Å². The van der Waals surface area contributed by atoms with Gasteiger partial charge in [0.1, 0.15) is 0 Å². The summed E-state index contributed by atoms with van der Waals surface area (Å²) in [6.07, 6.45) is 9.73. The van der Waals surface area contributed by atoms with Crippen LogP contribution in [0.1, 0.15) is 32.6 Å². The molecule has 0 unspecified atom stereocenters. The lowest BCUT2D eigenvalue weighted by atomic mass is 9.84. The molecule has 0 N–H and O–H groups in total. The maximum Gasteiger partial charge on any atom is -0.00261 e. The molecule has 0 heterocycles. The Labute approximate surface area is 63.6 Å². The van der Waals surface area contributed by atoms with Crippen LogP contribution in [0, 0.1) is 5.92 Å². The summed E-state index contributed by atoms with van der Waals surface area (Å²) < 4.78 is 0. The SMILES string of the molecule is C=C[C@@H]1CCCC/C1=C/C. The van der Waals surface area contributed by atoms with E-state index in [2.05, 4.69) is 25.7 Å². The van der Waals surface area contributed by atoms with Crippen molar-refractivity contribution in [2.24, 2.45) is 5.92 Å². The number of rotatable bonds is 1. The lowest BCUT2D eigenvalue weighted by molar-refractivity contribution is 0.519. The van der Waals surface area contributed by atoms with Gasteiger partial charge in [0.2, 0.25) is 0 Å². The summed E-state index contributed by atoms with van der Waals surface area (Å²) in [4.78, 5) is 0. The van der Waals surface area contributed by atoms with Crippen molar-refractivity contribution in [3.05, 3.63) is 24.3 Å². The van der Waals surface area contributed by atoms with E-state index in [-0.39, 0.29) is 0 Å². The molecule has 0 aromatic heterocycles. The van der Waals surface area contributed by atoms with Crippen molar-refractivity contribution in [1.82, 2.24) is 0 Å². The Morgan fingerprint density at radius 3 is 2.80 bits per heavy atom. The maximum atomic E-state index is 3.84. The highest BCUT2D eigenvalue weighted by Crippen LogP contribution is 2.29. The normalized spacial score (nSPS) is 30.5. The molecule has 0 nitrogen and oxygen atoms in total. The van der Waals surface area contributed by atoms with Gasteiger partial charge in [-0.25, -0.2) is 0 Å². The minimum atomic E-state index is 0.693. The molecule has 0 spiro atoms. The van der Waals surface area contributed by atoms with E-state index in [1.807, 2.05) is 0 Å². The molecule has 0 aromatic carbocycles. The molecule has 0 saturated heterocycles. The molecule has 0 bridgehead atoms. The molecule has 1 saturated carbocycles. The standard InChI is InChI=1S/C10H16/c1-3-9-7-5-6-8-10(9)4-2/h3-4,9H,1,5-8H2,2H3/b10-4-/t9-/m1/s1. The van der Waals surface area contributed by atoms with E-state index in [1.54, 1.807) is 5.57 Å². The quantitative estimate of drug-likeness (QED) is 0.485. The van der Waals surface area contributed by atoms with Crippen molar-refractivity contribution in [2.45, 2.75) is 32.6 Å². The van der Waals surface area contributed by atoms with E-state index < -0.39 is 0 Å². The monoisotopic (exact) mass is 136 g/mol. The highest BCUT2D eigenvalue weighted by molar-refractivity contribution is 5.13. The van der Waals surface area contributed by atoms with Crippen LogP contribution in [0.3, 0.4) is 0 Å². The fourth-order valence-electron chi connectivity index (χ4n) is 1.69. The molecule has 10 heavy (non-hydrogen) atoms. The van der Waals surface area contributed by atoms with Gasteiger partial charge in [-0.3, -0.25) is 0 Å². The van der Waals surface area contributed by atoms with Crippen molar-refractivity contribution in [3.8, 4) is 0 Å². The van der Waals surface area contributed by atoms with Crippen LogP contribution in [-0.4, -0.2) is 0 Å². The van der Waals surface area contributed by atoms with Gasteiger partial charge in [0.25, 0.3) is 0 Å². The Kier molecular flexibility index (Phi) is 2.73. The largest absolute Gasteiger partial charge is 0.102 e. The molecule has 1 aliphatic rings. The summed E-state index contributed by atoms with van der Waals surface area (Å²) in [5, 5.41) is 0. The van der Waals surface area contributed by atoms with Gasteiger partial charge in [0.15, 0.2) is 0 Å². The third-order valence-corrected chi connectivity index (χ3v) is 2.36. The van der Waals surface area contributed by atoms with Gasteiger partial charge in [0, 0.05) is 0 Å². The average molecular weight is 136 g/mol. The number of hydrogen-bond donors (Lipinski definition) is 0. The molecule has 0 radical (unpaired) electrons. The first-order valence-electron chi connectivity index (χ1n) is 4.16. The fourth-order valence-corrected chi connectivity index (χ4v) is 1.69. The van der Waals surface area contributed by atoms with Crippen LogP contribution in [0.5, 0.6) is 0 Å². The summed E-state index contributed by atoms with van der Waals surface area (Å²) >= 11 is 0. The number of hydrogen-bond acceptors (Lipinski definition) is 0. The van der Waals surface area contributed by atoms with Gasteiger partial charge in [-0.15, -0.1) is 6.58 Å². The van der Waals surface area contributed by atoms with Crippen LogP contribution in [0.2, 0.25) is 0 Å². The molecular weight excluding hydrogens is 120 g/mol. The zero-order valence-corrected chi connectivity index (χ0v) is 6.77. The number of allylic oxidation sites excluding steroid dienone is 3. The Bertz CT molecular complexity index is 142. The third kappa shape index (κ3) is 1.50. The highest BCUT2D eigenvalue weighted by Gasteiger charge is 2.13. The maximum absolute atomic E-state index is 3.84. The Morgan fingerprint density at radius 1 is 1.50 bits per heavy atom. The Morgan fingerprint density at radius 2 is 2.30 bits per heavy atom. The van der Waals surface area contributed by atoms with E-state index in [0.717, 1.165) is 0 Å². The highest BCUT2D eigenvalue weighted by atomic mass is 14.2. The molecule has 0 amide bonds. The third-order valence-electron chi connectivity index (χ3n) is 2.36. The van der Waals surface area contributed by atoms with Gasteiger partial charge in [-0.05, 0) is 32.1 Å². The lowest BCUT2D eigenvalue weighted by Crippen LogP contribution is -2.06. The second-order valence-corrected chi connectivity index (χ2v) is 2.95. The molecule has 0 aromatic rings. The minimum Gasteiger partial charge on any atom is -0.102 e. The van der Waals surface area contributed by atoms with Crippen LogP contribution in [0.25, 0.3) is 0 Å². The van der Waals surface area contributed by atoms with Gasteiger partial charge in [0.05, 0.1) is 0 Å². The molecule has 0 aliphatic heterocycles. The first-order valence-corrected chi connectivity index (χ1v) is 4.16. The lowest BCUT2D eigenvalue weighted by Gasteiger charge is -2.21. The molecule has 1 atom stereocenters. The van der Waals surface area contributed by atoms with E-state index in [0.29, 0.717) is 5.92 Å². The van der Waals surface area contributed by atoms with Crippen molar-refractivity contribution >= 4 is 0 Å². The van der Waals surface area contributed by atoms with Crippen LogP contribution in [0.15, 0.2) is 24.3 Å². The van der Waals surface area contributed by atoms with E-state index in [4.69, 9.17) is 0 Å². The van der Waals surface area contributed by atoms with Crippen molar-refractivity contribution in [3.63, 3.8) is 0 Å². The fraction of sp³-hybridized carbons (Fsp3) is 0.600. The predicted octanol–water partition coefficient (Wildman–Crippen LogP) is 3.31. The Balaban J connectivity index is 2.59. The van der Waals surface area contributed by atoms with E-state index in [9.17, 15) is 0 Å². The van der Waals surface area contributed by atoms with E-state index >= 15 is 0 Å². The first kappa shape index (κ1) is 7.59. The van der Waals surface area contributed by atoms with Gasteiger partial charge < -0.3 is 0 Å².